The molecule has 0 aromatic heterocycles. The number of carbonyl (C=O) groups is 3. The molecule has 156 valence electrons. The Kier molecular flexibility index (Phi) is 5.80. The molecule has 0 radical (unpaired) electrons. The molecule has 1 fully saturated rings. The number of thioether (sulfide) groups is 1. The zero-order valence-corrected chi connectivity index (χ0v) is 17.2. The van der Waals surface area contributed by atoms with Gasteiger partial charge in [-0.3, -0.25) is 14.5 Å². The maximum atomic E-state index is 12.7. The van der Waals surface area contributed by atoms with Crippen molar-refractivity contribution in [1.82, 2.24) is 9.80 Å². The average molecular weight is 427 g/mol. The van der Waals surface area contributed by atoms with Crippen molar-refractivity contribution in [3.05, 3.63) is 53.6 Å². The fourth-order valence-corrected chi connectivity index (χ4v) is 3.92. The summed E-state index contributed by atoms with van der Waals surface area (Å²) in [5.41, 5.74) is 2.41. The van der Waals surface area contributed by atoms with Crippen LogP contribution in [0.3, 0.4) is 0 Å². The van der Waals surface area contributed by atoms with Crippen molar-refractivity contribution in [1.29, 1.82) is 0 Å². The summed E-state index contributed by atoms with van der Waals surface area (Å²) in [5.74, 6) is 1.42. The van der Waals surface area contributed by atoms with Crippen LogP contribution in [-0.4, -0.2) is 46.1 Å². The molecule has 2 aromatic carbocycles. The van der Waals surface area contributed by atoms with E-state index < -0.39 is 0 Å². The summed E-state index contributed by atoms with van der Waals surface area (Å²) < 4.78 is 10.7. The SMILES string of the molecule is CCN(Cc1ccc2c(c1)OCO2)C(=O)Nc1ccc(CN2C(=O)CSC2=O)cc1. The van der Waals surface area contributed by atoms with Gasteiger partial charge in [-0.2, -0.15) is 0 Å². The van der Waals surface area contributed by atoms with E-state index in [1.54, 1.807) is 29.2 Å². The molecule has 2 aliphatic heterocycles. The predicted octanol–water partition coefficient (Wildman–Crippen LogP) is 3.66. The second-order valence-electron chi connectivity index (χ2n) is 6.86. The molecule has 0 atom stereocenters. The largest absolute Gasteiger partial charge is 0.454 e. The molecule has 0 bridgehead atoms. The van der Waals surface area contributed by atoms with Crippen molar-refractivity contribution in [2.45, 2.75) is 20.0 Å². The van der Waals surface area contributed by atoms with Crippen LogP contribution in [0.1, 0.15) is 18.1 Å². The van der Waals surface area contributed by atoms with Crippen LogP contribution in [0, 0.1) is 0 Å². The number of nitrogens with one attached hydrogen (secondary N) is 1. The van der Waals surface area contributed by atoms with Gasteiger partial charge in [0.15, 0.2) is 11.5 Å². The molecule has 2 heterocycles. The fourth-order valence-electron chi connectivity index (χ4n) is 3.20. The minimum absolute atomic E-state index is 0.176. The van der Waals surface area contributed by atoms with Gasteiger partial charge < -0.3 is 19.7 Å². The topological polar surface area (TPSA) is 88.2 Å². The van der Waals surface area contributed by atoms with Gasteiger partial charge in [-0.25, -0.2) is 4.79 Å². The molecule has 8 nitrogen and oxygen atoms in total. The molecule has 0 unspecified atom stereocenters. The van der Waals surface area contributed by atoms with E-state index in [0.29, 0.717) is 30.3 Å². The Bertz CT molecular complexity index is 963. The number of fused-ring (bicyclic) bond motifs is 1. The summed E-state index contributed by atoms with van der Waals surface area (Å²) >= 11 is 1.02. The normalized spacial score (nSPS) is 14.9. The molecule has 4 amide bonds. The number of ether oxygens (including phenoxy) is 2. The maximum Gasteiger partial charge on any atom is 0.322 e. The first-order valence-electron chi connectivity index (χ1n) is 9.54. The summed E-state index contributed by atoms with van der Waals surface area (Å²) in [7, 11) is 0. The predicted molar refractivity (Wildman–Crippen MR) is 113 cm³/mol. The van der Waals surface area contributed by atoms with Gasteiger partial charge in [-0.05, 0) is 42.3 Å². The smallest absolute Gasteiger partial charge is 0.322 e. The van der Waals surface area contributed by atoms with E-state index in [4.69, 9.17) is 9.47 Å². The number of carbonyl (C=O) groups excluding carboxylic acids is 3. The Hall–Kier alpha value is -3.20. The number of hydrogen-bond acceptors (Lipinski definition) is 6. The lowest BCUT2D eigenvalue weighted by molar-refractivity contribution is -0.125. The van der Waals surface area contributed by atoms with Gasteiger partial charge in [-0.15, -0.1) is 0 Å². The van der Waals surface area contributed by atoms with Crippen LogP contribution in [0.15, 0.2) is 42.5 Å². The lowest BCUT2D eigenvalue weighted by atomic mass is 10.2. The molecule has 0 aliphatic carbocycles. The van der Waals surface area contributed by atoms with E-state index >= 15 is 0 Å². The molecule has 30 heavy (non-hydrogen) atoms. The van der Waals surface area contributed by atoms with Crippen molar-refractivity contribution in [2.75, 3.05) is 24.4 Å². The zero-order chi connectivity index (χ0) is 21.1. The standard InChI is InChI=1S/C21H21N3O5S/c1-2-23(10-15-5-8-17-18(9-15)29-13-28-17)20(26)22-16-6-3-14(4-7-16)11-24-19(25)12-30-21(24)27/h3-9H,2,10-13H2,1H3,(H,22,26). The van der Waals surface area contributed by atoms with Crippen molar-refractivity contribution < 1.29 is 23.9 Å². The summed E-state index contributed by atoms with van der Waals surface area (Å²) in [6.45, 7) is 3.34. The van der Waals surface area contributed by atoms with Crippen LogP contribution in [0.25, 0.3) is 0 Å². The molecular weight excluding hydrogens is 406 g/mol. The summed E-state index contributed by atoms with van der Waals surface area (Å²) in [6, 6.07) is 12.5. The van der Waals surface area contributed by atoms with Crippen molar-refractivity contribution in [3.63, 3.8) is 0 Å². The van der Waals surface area contributed by atoms with Crippen LogP contribution in [-0.2, 0) is 17.9 Å². The average Bonchev–Trinajstić information content (AvgIpc) is 3.34. The molecule has 2 aromatic rings. The van der Waals surface area contributed by atoms with Gasteiger partial charge >= 0.3 is 6.03 Å². The Morgan fingerprint density at radius 3 is 2.53 bits per heavy atom. The van der Waals surface area contributed by atoms with Gasteiger partial charge in [0, 0.05) is 18.8 Å². The number of nitrogens with zero attached hydrogens (tertiary/aromatic N) is 2. The van der Waals surface area contributed by atoms with Gasteiger partial charge in [0.25, 0.3) is 5.24 Å². The monoisotopic (exact) mass is 427 g/mol. The van der Waals surface area contributed by atoms with Gasteiger partial charge in [-0.1, -0.05) is 30.0 Å². The Morgan fingerprint density at radius 2 is 1.83 bits per heavy atom. The first kappa shape index (κ1) is 20.1. The first-order valence-corrected chi connectivity index (χ1v) is 10.5. The third kappa shape index (κ3) is 4.35. The van der Waals surface area contributed by atoms with Crippen LogP contribution >= 0.6 is 11.8 Å². The third-order valence-corrected chi connectivity index (χ3v) is 5.72. The van der Waals surface area contributed by atoms with Crippen LogP contribution in [0.2, 0.25) is 0 Å². The van der Waals surface area contributed by atoms with Crippen LogP contribution < -0.4 is 14.8 Å². The Labute approximate surface area is 178 Å². The quantitative estimate of drug-likeness (QED) is 0.757. The van der Waals surface area contributed by atoms with Crippen molar-refractivity contribution in [2.24, 2.45) is 0 Å². The second kappa shape index (κ2) is 8.66. The molecular formula is C21H21N3O5S. The number of anilines is 1. The molecule has 2 aliphatic rings. The number of hydrogen-bond donors (Lipinski definition) is 1. The first-order chi connectivity index (χ1) is 14.5. The number of urea groups is 1. The second-order valence-corrected chi connectivity index (χ2v) is 7.79. The summed E-state index contributed by atoms with van der Waals surface area (Å²) in [4.78, 5) is 39.1. The van der Waals surface area contributed by atoms with Gasteiger partial charge in [0.05, 0.1) is 12.3 Å². The van der Waals surface area contributed by atoms with Gasteiger partial charge in [0.2, 0.25) is 12.7 Å². The maximum absolute atomic E-state index is 12.7. The highest BCUT2D eigenvalue weighted by Gasteiger charge is 2.29. The Morgan fingerprint density at radius 1 is 1.10 bits per heavy atom. The van der Waals surface area contributed by atoms with E-state index in [0.717, 1.165) is 22.9 Å². The summed E-state index contributed by atoms with van der Waals surface area (Å²) in [5, 5.41) is 2.66. The van der Waals surface area contributed by atoms with Crippen LogP contribution in [0.4, 0.5) is 15.3 Å². The number of rotatable bonds is 6. The lowest BCUT2D eigenvalue weighted by Gasteiger charge is -2.22. The van der Waals surface area contributed by atoms with E-state index in [-0.39, 0.29) is 36.3 Å². The third-order valence-electron chi connectivity index (χ3n) is 4.87. The molecule has 4 rings (SSSR count). The fraction of sp³-hybridized carbons (Fsp3) is 0.286. The molecule has 0 saturated carbocycles. The molecule has 9 heteroatoms. The number of imide groups is 1. The van der Waals surface area contributed by atoms with E-state index in [1.165, 1.54) is 4.90 Å². The summed E-state index contributed by atoms with van der Waals surface area (Å²) in [6.07, 6.45) is 0. The van der Waals surface area contributed by atoms with E-state index in [9.17, 15) is 14.4 Å². The lowest BCUT2D eigenvalue weighted by Crippen LogP contribution is -2.34. The highest BCUT2D eigenvalue weighted by Crippen LogP contribution is 2.32. The highest BCUT2D eigenvalue weighted by molar-refractivity contribution is 8.14. The van der Waals surface area contributed by atoms with Gasteiger partial charge in [0.1, 0.15) is 0 Å². The molecule has 1 saturated heterocycles. The Balaban J connectivity index is 1.36. The molecule has 0 spiro atoms. The van der Waals surface area contributed by atoms with E-state index in [2.05, 4.69) is 5.32 Å². The number of benzene rings is 2. The van der Waals surface area contributed by atoms with Crippen molar-refractivity contribution in [3.8, 4) is 11.5 Å². The molecule has 1 N–H and O–H groups in total. The van der Waals surface area contributed by atoms with Crippen molar-refractivity contribution >= 4 is 34.6 Å². The van der Waals surface area contributed by atoms with Crippen LogP contribution in [0.5, 0.6) is 11.5 Å². The highest BCUT2D eigenvalue weighted by atomic mass is 32.2. The minimum atomic E-state index is -0.223. The minimum Gasteiger partial charge on any atom is -0.454 e. The zero-order valence-electron chi connectivity index (χ0n) is 16.4. The van der Waals surface area contributed by atoms with E-state index in [1.807, 2.05) is 25.1 Å². The number of amides is 4.